The Labute approximate surface area is 156 Å². The minimum absolute atomic E-state index is 0.197. The van der Waals surface area contributed by atoms with Crippen LogP contribution in [-0.4, -0.2) is 24.0 Å². The van der Waals surface area contributed by atoms with E-state index in [4.69, 9.17) is 17.3 Å². The molecule has 2 N–H and O–H groups in total. The van der Waals surface area contributed by atoms with Crippen molar-refractivity contribution in [2.24, 2.45) is 11.7 Å². The van der Waals surface area contributed by atoms with Crippen LogP contribution in [0.2, 0.25) is 5.02 Å². The summed E-state index contributed by atoms with van der Waals surface area (Å²) >= 11 is 6.08. The molecule has 1 unspecified atom stereocenters. The molecule has 25 heavy (non-hydrogen) atoms. The lowest BCUT2D eigenvalue weighted by molar-refractivity contribution is 0.202. The second kappa shape index (κ2) is 8.55. The number of nitrogens with two attached hydrogens (primary N) is 1. The molecular weight excluding hydrogens is 328 g/mol. The Balaban J connectivity index is 1.48. The number of rotatable bonds is 6. The summed E-state index contributed by atoms with van der Waals surface area (Å²) in [5, 5.41) is 0.789. The lowest BCUT2D eigenvalue weighted by atomic mass is 9.86. The van der Waals surface area contributed by atoms with Crippen molar-refractivity contribution >= 4 is 11.6 Å². The molecule has 1 fully saturated rings. The Morgan fingerprint density at radius 2 is 1.76 bits per heavy atom. The normalized spacial score (nSPS) is 16.6. The Morgan fingerprint density at radius 3 is 2.44 bits per heavy atom. The van der Waals surface area contributed by atoms with Gasteiger partial charge in [0.2, 0.25) is 0 Å². The first-order chi connectivity index (χ1) is 12.1. The van der Waals surface area contributed by atoms with Crippen molar-refractivity contribution in [1.29, 1.82) is 0 Å². The topological polar surface area (TPSA) is 29.3 Å². The second-order valence-corrected chi connectivity index (χ2v) is 7.49. The van der Waals surface area contributed by atoms with Crippen molar-refractivity contribution in [3.8, 4) is 0 Å². The maximum atomic E-state index is 6.49. The van der Waals surface area contributed by atoms with E-state index in [1.54, 1.807) is 0 Å². The highest BCUT2D eigenvalue weighted by atomic mass is 35.5. The SMILES string of the molecule is C=C(Cc1ccccc1)N1CCC(C(N)Cc2cccc(Cl)c2)CC1. The Morgan fingerprint density at radius 1 is 1.08 bits per heavy atom. The van der Waals surface area contributed by atoms with Gasteiger partial charge in [0.25, 0.3) is 0 Å². The lowest BCUT2D eigenvalue weighted by Gasteiger charge is -2.37. The van der Waals surface area contributed by atoms with Crippen LogP contribution in [0.15, 0.2) is 66.9 Å². The van der Waals surface area contributed by atoms with Gasteiger partial charge in [0.1, 0.15) is 0 Å². The summed E-state index contributed by atoms with van der Waals surface area (Å²) in [5.41, 5.74) is 10.3. The summed E-state index contributed by atoms with van der Waals surface area (Å²) in [6, 6.07) is 18.8. The Kier molecular flexibility index (Phi) is 6.17. The van der Waals surface area contributed by atoms with Gasteiger partial charge >= 0.3 is 0 Å². The molecule has 1 saturated heterocycles. The fraction of sp³-hybridized carbons (Fsp3) is 0.364. The molecule has 2 nitrogen and oxygen atoms in total. The van der Waals surface area contributed by atoms with Crippen molar-refractivity contribution < 1.29 is 0 Å². The largest absolute Gasteiger partial charge is 0.375 e. The third-order valence-electron chi connectivity index (χ3n) is 5.20. The summed E-state index contributed by atoms with van der Waals surface area (Å²) in [4.78, 5) is 2.43. The average Bonchev–Trinajstić information content (AvgIpc) is 2.62. The zero-order valence-electron chi connectivity index (χ0n) is 14.7. The summed E-state index contributed by atoms with van der Waals surface area (Å²) in [6.45, 7) is 6.41. The van der Waals surface area contributed by atoms with Crippen molar-refractivity contribution in [1.82, 2.24) is 4.90 Å². The number of benzene rings is 2. The lowest BCUT2D eigenvalue weighted by Crippen LogP contribution is -2.41. The molecule has 3 heteroatoms. The van der Waals surface area contributed by atoms with Gasteiger partial charge in [-0.2, -0.15) is 0 Å². The molecule has 0 amide bonds. The van der Waals surface area contributed by atoms with Crippen LogP contribution < -0.4 is 5.73 Å². The second-order valence-electron chi connectivity index (χ2n) is 7.05. The van der Waals surface area contributed by atoms with Crippen LogP contribution in [0.25, 0.3) is 0 Å². The number of likely N-dealkylation sites (tertiary alicyclic amines) is 1. The van der Waals surface area contributed by atoms with Crippen LogP contribution >= 0.6 is 11.6 Å². The molecular formula is C22H27ClN2. The Bertz CT molecular complexity index is 690. The molecule has 0 aliphatic carbocycles. The molecule has 1 heterocycles. The number of piperidine rings is 1. The summed E-state index contributed by atoms with van der Waals surface area (Å²) < 4.78 is 0. The molecule has 1 aliphatic rings. The van der Waals surface area contributed by atoms with Crippen molar-refractivity contribution in [3.05, 3.63) is 83.0 Å². The van der Waals surface area contributed by atoms with Crippen LogP contribution in [0.5, 0.6) is 0 Å². The smallest absolute Gasteiger partial charge is 0.0408 e. The summed E-state index contributed by atoms with van der Waals surface area (Å²) in [6.07, 6.45) is 4.10. The van der Waals surface area contributed by atoms with Gasteiger partial charge in [0, 0.05) is 36.3 Å². The third-order valence-corrected chi connectivity index (χ3v) is 5.44. The van der Waals surface area contributed by atoms with E-state index < -0.39 is 0 Å². The van der Waals surface area contributed by atoms with Gasteiger partial charge in [-0.25, -0.2) is 0 Å². The van der Waals surface area contributed by atoms with Crippen molar-refractivity contribution in [2.45, 2.75) is 31.7 Å². The minimum Gasteiger partial charge on any atom is -0.375 e. The molecule has 0 saturated carbocycles. The highest BCUT2D eigenvalue weighted by Gasteiger charge is 2.25. The number of nitrogens with zero attached hydrogens (tertiary/aromatic N) is 1. The molecule has 0 spiro atoms. The van der Waals surface area contributed by atoms with E-state index in [0.717, 1.165) is 43.8 Å². The predicted octanol–water partition coefficient (Wildman–Crippen LogP) is 4.68. The van der Waals surface area contributed by atoms with Gasteiger partial charge in [-0.1, -0.05) is 60.6 Å². The third kappa shape index (κ3) is 5.10. The fourth-order valence-corrected chi connectivity index (χ4v) is 3.90. The first-order valence-corrected chi connectivity index (χ1v) is 9.46. The molecule has 2 aromatic rings. The van der Waals surface area contributed by atoms with E-state index in [0.29, 0.717) is 5.92 Å². The highest BCUT2D eigenvalue weighted by molar-refractivity contribution is 6.30. The van der Waals surface area contributed by atoms with Crippen molar-refractivity contribution in [2.75, 3.05) is 13.1 Å². The first-order valence-electron chi connectivity index (χ1n) is 9.08. The van der Waals surface area contributed by atoms with Crippen LogP contribution in [-0.2, 0) is 12.8 Å². The quantitative estimate of drug-likeness (QED) is 0.816. The first kappa shape index (κ1) is 18.0. The number of allylic oxidation sites excluding steroid dienone is 1. The van der Waals surface area contributed by atoms with Gasteiger partial charge in [-0.05, 0) is 48.4 Å². The van der Waals surface area contributed by atoms with E-state index in [-0.39, 0.29) is 6.04 Å². The van der Waals surface area contributed by atoms with E-state index in [1.807, 2.05) is 18.2 Å². The molecule has 1 atom stereocenters. The van der Waals surface area contributed by atoms with E-state index in [1.165, 1.54) is 16.8 Å². The zero-order chi connectivity index (χ0) is 17.6. The maximum Gasteiger partial charge on any atom is 0.0408 e. The van der Waals surface area contributed by atoms with Gasteiger partial charge in [0.05, 0.1) is 0 Å². The predicted molar refractivity (Wildman–Crippen MR) is 107 cm³/mol. The zero-order valence-corrected chi connectivity index (χ0v) is 15.5. The van der Waals surface area contributed by atoms with Gasteiger partial charge in [-0.15, -0.1) is 0 Å². The minimum atomic E-state index is 0.197. The number of halogens is 1. The summed E-state index contributed by atoms with van der Waals surface area (Å²) in [5.74, 6) is 0.569. The molecule has 0 radical (unpaired) electrons. The monoisotopic (exact) mass is 354 g/mol. The maximum absolute atomic E-state index is 6.49. The standard InChI is InChI=1S/C22H27ClN2/c1-17(14-18-6-3-2-4-7-18)25-12-10-20(11-13-25)22(24)16-19-8-5-9-21(23)15-19/h2-9,15,20,22H,1,10-14,16,24H2. The van der Waals surface area contributed by atoms with Gasteiger partial charge in [0.15, 0.2) is 0 Å². The van der Waals surface area contributed by atoms with Crippen molar-refractivity contribution in [3.63, 3.8) is 0 Å². The molecule has 0 aromatic heterocycles. The van der Waals surface area contributed by atoms with Crippen LogP contribution in [0.3, 0.4) is 0 Å². The number of hydrogen-bond donors (Lipinski definition) is 1. The number of hydrogen-bond acceptors (Lipinski definition) is 2. The van der Waals surface area contributed by atoms with E-state index >= 15 is 0 Å². The van der Waals surface area contributed by atoms with Crippen LogP contribution in [0.4, 0.5) is 0 Å². The van der Waals surface area contributed by atoms with Crippen LogP contribution in [0, 0.1) is 5.92 Å². The molecule has 132 valence electrons. The Hall–Kier alpha value is -1.77. The molecule has 0 bridgehead atoms. The van der Waals surface area contributed by atoms with E-state index in [2.05, 4.69) is 47.9 Å². The molecule has 1 aliphatic heterocycles. The van der Waals surface area contributed by atoms with Crippen LogP contribution in [0.1, 0.15) is 24.0 Å². The van der Waals surface area contributed by atoms with Gasteiger partial charge in [-0.3, -0.25) is 0 Å². The van der Waals surface area contributed by atoms with E-state index in [9.17, 15) is 0 Å². The molecule has 2 aromatic carbocycles. The summed E-state index contributed by atoms with van der Waals surface area (Å²) in [7, 11) is 0. The average molecular weight is 355 g/mol. The van der Waals surface area contributed by atoms with Gasteiger partial charge < -0.3 is 10.6 Å². The molecule has 3 rings (SSSR count). The fourth-order valence-electron chi connectivity index (χ4n) is 3.69. The highest BCUT2D eigenvalue weighted by Crippen LogP contribution is 2.25.